The van der Waals surface area contributed by atoms with E-state index in [4.69, 9.17) is 10.5 Å². The van der Waals surface area contributed by atoms with Crippen molar-refractivity contribution < 1.29 is 9.53 Å². The summed E-state index contributed by atoms with van der Waals surface area (Å²) >= 11 is 1.53. The summed E-state index contributed by atoms with van der Waals surface area (Å²) in [5.41, 5.74) is 7.36. The van der Waals surface area contributed by atoms with Gasteiger partial charge in [0.05, 0.1) is 12.7 Å². The van der Waals surface area contributed by atoms with Gasteiger partial charge in [0.2, 0.25) is 5.95 Å². The zero-order valence-electron chi connectivity index (χ0n) is 12.2. The first-order valence-electron chi connectivity index (χ1n) is 6.53. The van der Waals surface area contributed by atoms with E-state index in [1.165, 1.54) is 18.9 Å². The number of anilines is 1. The quantitative estimate of drug-likeness (QED) is 0.675. The lowest BCUT2D eigenvalue weighted by Crippen LogP contribution is -2.07. The van der Waals surface area contributed by atoms with Crippen molar-refractivity contribution in [2.75, 3.05) is 12.8 Å². The van der Waals surface area contributed by atoms with Gasteiger partial charge in [0.1, 0.15) is 0 Å². The Morgan fingerprint density at radius 3 is 2.86 bits per heavy atom. The van der Waals surface area contributed by atoms with E-state index < -0.39 is 0 Å². The highest BCUT2D eigenvalue weighted by Gasteiger charge is 2.13. The summed E-state index contributed by atoms with van der Waals surface area (Å²) < 4.78 is 6.60. The molecule has 0 atom stereocenters. The van der Waals surface area contributed by atoms with Crippen molar-refractivity contribution in [1.82, 2.24) is 14.8 Å². The van der Waals surface area contributed by atoms with Crippen LogP contribution in [0.3, 0.4) is 0 Å². The standard InChI is InChI=1S/C14H18N4O2S/c1-9(2)18-13(15)16-17-14(18)21-8-10-5-4-6-11(7-10)12(19)20-3/h4-7,9H,8H2,1-3H3,(H2,15,16). The van der Waals surface area contributed by atoms with Crippen molar-refractivity contribution in [1.29, 1.82) is 0 Å². The molecule has 0 spiro atoms. The fourth-order valence-electron chi connectivity index (χ4n) is 1.93. The van der Waals surface area contributed by atoms with Gasteiger partial charge >= 0.3 is 5.97 Å². The summed E-state index contributed by atoms with van der Waals surface area (Å²) in [5, 5.41) is 8.76. The Morgan fingerprint density at radius 1 is 1.43 bits per heavy atom. The Hall–Kier alpha value is -2.02. The molecule has 1 heterocycles. The molecule has 0 fully saturated rings. The highest BCUT2D eigenvalue weighted by molar-refractivity contribution is 7.98. The van der Waals surface area contributed by atoms with Crippen LogP contribution in [-0.4, -0.2) is 27.8 Å². The van der Waals surface area contributed by atoms with Crippen LogP contribution in [0.5, 0.6) is 0 Å². The lowest BCUT2D eigenvalue weighted by molar-refractivity contribution is 0.0600. The lowest BCUT2D eigenvalue weighted by Gasteiger charge is -2.11. The van der Waals surface area contributed by atoms with Crippen molar-refractivity contribution in [3.63, 3.8) is 0 Å². The fourth-order valence-corrected chi connectivity index (χ4v) is 2.94. The van der Waals surface area contributed by atoms with Crippen LogP contribution in [0.1, 0.15) is 35.8 Å². The summed E-state index contributed by atoms with van der Waals surface area (Å²) in [5.74, 6) is 0.752. The van der Waals surface area contributed by atoms with Crippen LogP contribution >= 0.6 is 11.8 Å². The minimum atomic E-state index is -0.337. The maximum absolute atomic E-state index is 11.5. The minimum absolute atomic E-state index is 0.198. The van der Waals surface area contributed by atoms with Gasteiger partial charge in [-0.05, 0) is 31.5 Å². The number of carbonyl (C=O) groups is 1. The molecule has 6 nitrogen and oxygen atoms in total. The molecule has 0 radical (unpaired) electrons. The molecule has 21 heavy (non-hydrogen) atoms. The number of rotatable bonds is 5. The monoisotopic (exact) mass is 306 g/mol. The maximum Gasteiger partial charge on any atom is 0.337 e. The number of carbonyl (C=O) groups excluding carboxylic acids is 1. The normalized spacial score (nSPS) is 10.9. The van der Waals surface area contributed by atoms with E-state index in [1.54, 1.807) is 6.07 Å². The number of esters is 1. The first kappa shape index (κ1) is 15.4. The molecule has 0 aliphatic heterocycles. The van der Waals surface area contributed by atoms with Gasteiger partial charge < -0.3 is 10.5 Å². The summed E-state index contributed by atoms with van der Waals surface area (Å²) in [6.45, 7) is 4.06. The number of nitrogen functional groups attached to an aromatic ring is 1. The zero-order valence-corrected chi connectivity index (χ0v) is 13.1. The molecule has 2 rings (SSSR count). The number of aromatic nitrogens is 3. The Kier molecular flexibility index (Phi) is 4.85. The summed E-state index contributed by atoms with van der Waals surface area (Å²) in [6, 6.07) is 7.54. The molecule has 0 amide bonds. The number of hydrogen-bond donors (Lipinski definition) is 1. The van der Waals surface area contributed by atoms with Crippen LogP contribution < -0.4 is 5.73 Å². The molecule has 0 saturated carbocycles. The van der Waals surface area contributed by atoms with Crippen LogP contribution in [0.25, 0.3) is 0 Å². The van der Waals surface area contributed by atoms with Gasteiger partial charge in [0, 0.05) is 11.8 Å². The first-order chi connectivity index (χ1) is 10.0. The Bertz CT molecular complexity index is 640. The summed E-state index contributed by atoms with van der Waals surface area (Å²) in [7, 11) is 1.37. The van der Waals surface area contributed by atoms with Crippen molar-refractivity contribution in [3.8, 4) is 0 Å². The average Bonchev–Trinajstić information content (AvgIpc) is 2.85. The molecule has 7 heteroatoms. The summed E-state index contributed by atoms with van der Waals surface area (Å²) in [6.07, 6.45) is 0. The molecular formula is C14H18N4O2S. The Morgan fingerprint density at radius 2 is 2.19 bits per heavy atom. The largest absolute Gasteiger partial charge is 0.465 e. The van der Waals surface area contributed by atoms with Crippen LogP contribution in [0, 0.1) is 0 Å². The van der Waals surface area contributed by atoms with Gasteiger partial charge in [0.25, 0.3) is 0 Å². The maximum atomic E-state index is 11.5. The third kappa shape index (κ3) is 3.55. The van der Waals surface area contributed by atoms with E-state index in [1.807, 2.05) is 36.6 Å². The van der Waals surface area contributed by atoms with E-state index in [9.17, 15) is 4.79 Å². The molecule has 1 aromatic heterocycles. The number of benzene rings is 1. The zero-order chi connectivity index (χ0) is 15.4. The molecule has 0 saturated heterocycles. The highest BCUT2D eigenvalue weighted by Crippen LogP contribution is 2.26. The van der Waals surface area contributed by atoms with Crippen molar-refractivity contribution in [2.45, 2.75) is 30.8 Å². The van der Waals surface area contributed by atoms with Crippen LogP contribution in [0.15, 0.2) is 29.4 Å². The third-order valence-electron chi connectivity index (χ3n) is 2.92. The number of hydrogen-bond acceptors (Lipinski definition) is 6. The second-order valence-electron chi connectivity index (χ2n) is 4.79. The lowest BCUT2D eigenvalue weighted by atomic mass is 10.1. The second-order valence-corrected chi connectivity index (χ2v) is 5.73. The predicted molar refractivity (Wildman–Crippen MR) is 82.2 cm³/mol. The third-order valence-corrected chi connectivity index (χ3v) is 3.94. The van der Waals surface area contributed by atoms with E-state index in [0.29, 0.717) is 17.3 Å². The Labute approximate surface area is 127 Å². The molecule has 112 valence electrons. The Balaban J connectivity index is 2.12. The molecule has 0 aliphatic rings. The molecule has 0 bridgehead atoms. The number of methoxy groups -OCH3 is 1. The smallest absolute Gasteiger partial charge is 0.337 e. The topological polar surface area (TPSA) is 83.0 Å². The van der Waals surface area contributed by atoms with Crippen LogP contribution in [0.2, 0.25) is 0 Å². The number of ether oxygens (including phenoxy) is 1. The predicted octanol–water partition coefficient (Wildman–Crippen LogP) is 2.52. The molecule has 0 unspecified atom stereocenters. The second kappa shape index (κ2) is 6.62. The van der Waals surface area contributed by atoms with Crippen LogP contribution in [-0.2, 0) is 10.5 Å². The molecule has 1 aromatic carbocycles. The molecular weight excluding hydrogens is 288 g/mol. The highest BCUT2D eigenvalue weighted by atomic mass is 32.2. The van der Waals surface area contributed by atoms with Gasteiger partial charge in [0.15, 0.2) is 5.16 Å². The average molecular weight is 306 g/mol. The van der Waals surface area contributed by atoms with Gasteiger partial charge in [-0.2, -0.15) is 0 Å². The van der Waals surface area contributed by atoms with E-state index in [2.05, 4.69) is 10.2 Å². The number of nitrogens with zero attached hydrogens (tertiary/aromatic N) is 3. The van der Waals surface area contributed by atoms with Crippen LogP contribution in [0.4, 0.5) is 5.95 Å². The number of nitrogens with two attached hydrogens (primary N) is 1. The van der Waals surface area contributed by atoms with Gasteiger partial charge in [-0.25, -0.2) is 4.79 Å². The minimum Gasteiger partial charge on any atom is -0.465 e. The van der Waals surface area contributed by atoms with E-state index >= 15 is 0 Å². The first-order valence-corrected chi connectivity index (χ1v) is 7.52. The summed E-state index contributed by atoms with van der Waals surface area (Å²) in [4.78, 5) is 11.5. The van der Waals surface area contributed by atoms with Gasteiger partial charge in [-0.3, -0.25) is 4.57 Å². The van der Waals surface area contributed by atoms with E-state index in [-0.39, 0.29) is 12.0 Å². The SMILES string of the molecule is COC(=O)c1cccc(CSc2nnc(N)n2C(C)C)c1. The fraction of sp³-hybridized carbons (Fsp3) is 0.357. The van der Waals surface area contributed by atoms with Crippen molar-refractivity contribution in [2.24, 2.45) is 0 Å². The number of thioether (sulfide) groups is 1. The van der Waals surface area contributed by atoms with Crippen molar-refractivity contribution >= 4 is 23.7 Å². The molecule has 0 aliphatic carbocycles. The molecule has 2 N–H and O–H groups in total. The van der Waals surface area contributed by atoms with Gasteiger partial charge in [-0.15, -0.1) is 10.2 Å². The van der Waals surface area contributed by atoms with Gasteiger partial charge in [-0.1, -0.05) is 23.9 Å². The molecule has 2 aromatic rings. The van der Waals surface area contributed by atoms with E-state index in [0.717, 1.165) is 10.7 Å². The van der Waals surface area contributed by atoms with Crippen molar-refractivity contribution in [3.05, 3.63) is 35.4 Å².